The molecule has 13 heteroatoms. The maximum Gasteiger partial charge on any atom is 0.339 e. The molecule has 0 N–H and O–H groups in total. The monoisotopic (exact) mass is 1260 g/mol. The SMILES string of the molecule is CCCCCCCCCCCCCCCC(=O)OCC(COC(=O)CCCCCCCCCCCCCCC)OC(=O)CC(C)CCCCCCCC(C)C(=O)Oc1c(C)cc(CCc2c(C/C=C(\C)CCC(=O)OC)c(OC)c(C)c3c2C(=O)OC3)cc1C. The van der Waals surface area contributed by atoms with Crippen LogP contribution in [0.2, 0.25) is 0 Å². The Bertz CT molecular complexity index is 2350. The van der Waals surface area contributed by atoms with Gasteiger partial charge in [0.05, 0.1) is 25.7 Å². The van der Waals surface area contributed by atoms with Crippen LogP contribution in [0, 0.1) is 32.6 Å². The summed E-state index contributed by atoms with van der Waals surface area (Å²) in [5, 5.41) is 0. The highest BCUT2D eigenvalue weighted by Crippen LogP contribution is 2.39. The summed E-state index contributed by atoms with van der Waals surface area (Å²) >= 11 is 0. The minimum absolute atomic E-state index is 0.0888. The Balaban J connectivity index is 1.41. The quantitative estimate of drug-likeness (QED) is 0.0202. The number of rotatable bonds is 54. The van der Waals surface area contributed by atoms with Crippen molar-refractivity contribution in [2.24, 2.45) is 11.8 Å². The first-order valence-electron chi connectivity index (χ1n) is 36.0. The van der Waals surface area contributed by atoms with Crippen LogP contribution in [-0.4, -0.2) is 69.4 Å². The number of hydrogen-bond acceptors (Lipinski definition) is 13. The number of allylic oxidation sites excluding steroid dienone is 2. The summed E-state index contributed by atoms with van der Waals surface area (Å²) in [6.45, 7) is 16.3. The van der Waals surface area contributed by atoms with Crippen LogP contribution in [0.4, 0.5) is 0 Å². The maximum atomic E-state index is 13.5. The lowest BCUT2D eigenvalue weighted by atomic mass is 9.86. The Morgan fingerprint density at radius 1 is 0.544 bits per heavy atom. The second-order valence-corrected chi connectivity index (χ2v) is 26.4. The molecule has 0 fully saturated rings. The van der Waals surface area contributed by atoms with E-state index in [0.717, 1.165) is 134 Å². The molecule has 0 aromatic heterocycles. The number of cyclic esters (lactones) is 1. The Morgan fingerprint density at radius 2 is 1.01 bits per heavy atom. The van der Waals surface area contributed by atoms with Crippen molar-refractivity contribution in [2.75, 3.05) is 27.4 Å². The maximum absolute atomic E-state index is 13.5. The molecule has 0 aliphatic carbocycles. The predicted octanol–water partition coefficient (Wildman–Crippen LogP) is 19.8. The zero-order valence-electron chi connectivity index (χ0n) is 58.4. The molecule has 0 radical (unpaired) electrons. The van der Waals surface area contributed by atoms with E-state index < -0.39 is 6.10 Å². The van der Waals surface area contributed by atoms with Gasteiger partial charge in [0.2, 0.25) is 0 Å². The van der Waals surface area contributed by atoms with E-state index in [1.165, 1.54) is 136 Å². The number of hydrogen-bond donors (Lipinski definition) is 0. The van der Waals surface area contributed by atoms with E-state index in [9.17, 15) is 28.8 Å². The lowest BCUT2D eigenvalue weighted by molar-refractivity contribution is -0.167. The molecule has 90 heavy (non-hydrogen) atoms. The molecule has 1 heterocycles. The fourth-order valence-corrected chi connectivity index (χ4v) is 12.4. The Labute approximate surface area is 545 Å². The van der Waals surface area contributed by atoms with Crippen LogP contribution in [0.5, 0.6) is 11.5 Å². The molecule has 0 saturated carbocycles. The van der Waals surface area contributed by atoms with Gasteiger partial charge in [-0.2, -0.15) is 0 Å². The topological polar surface area (TPSA) is 167 Å². The van der Waals surface area contributed by atoms with Gasteiger partial charge in [-0.15, -0.1) is 0 Å². The van der Waals surface area contributed by atoms with Gasteiger partial charge in [0, 0.05) is 36.8 Å². The van der Waals surface area contributed by atoms with Crippen molar-refractivity contribution < 1.29 is 61.9 Å². The second kappa shape index (κ2) is 48.5. The highest BCUT2D eigenvalue weighted by molar-refractivity contribution is 5.96. The van der Waals surface area contributed by atoms with E-state index in [0.29, 0.717) is 56.3 Å². The van der Waals surface area contributed by atoms with E-state index in [1.807, 2.05) is 34.6 Å². The molecule has 0 amide bonds. The summed E-state index contributed by atoms with van der Waals surface area (Å²) in [6.07, 6.45) is 43.1. The van der Waals surface area contributed by atoms with Crippen LogP contribution >= 0.6 is 0 Å². The third-order valence-electron chi connectivity index (χ3n) is 18.2. The van der Waals surface area contributed by atoms with Gasteiger partial charge >= 0.3 is 35.8 Å². The highest BCUT2D eigenvalue weighted by atomic mass is 16.6. The van der Waals surface area contributed by atoms with E-state index in [2.05, 4.69) is 39.0 Å². The van der Waals surface area contributed by atoms with Gasteiger partial charge in [-0.05, 0) is 106 Å². The van der Waals surface area contributed by atoms with Gasteiger partial charge in [0.25, 0.3) is 0 Å². The number of benzene rings is 2. The van der Waals surface area contributed by atoms with E-state index >= 15 is 0 Å². The van der Waals surface area contributed by atoms with E-state index in [4.69, 9.17) is 33.2 Å². The van der Waals surface area contributed by atoms with Gasteiger partial charge in [0.15, 0.2) is 6.10 Å². The van der Waals surface area contributed by atoms with Gasteiger partial charge in [-0.3, -0.25) is 24.0 Å². The molecular formula is C77H124O13. The summed E-state index contributed by atoms with van der Waals surface area (Å²) in [6, 6.07) is 4.12. The van der Waals surface area contributed by atoms with Crippen molar-refractivity contribution in [3.63, 3.8) is 0 Å². The molecule has 2 aromatic carbocycles. The normalized spacial score (nSPS) is 12.8. The number of carbonyl (C=O) groups excluding carboxylic acids is 6. The first-order valence-corrected chi connectivity index (χ1v) is 36.0. The summed E-state index contributed by atoms with van der Waals surface area (Å²) in [4.78, 5) is 77.4. The van der Waals surface area contributed by atoms with Crippen LogP contribution in [0.25, 0.3) is 0 Å². The molecule has 0 saturated heterocycles. The molecule has 0 bridgehead atoms. The molecule has 13 nitrogen and oxygen atoms in total. The van der Waals surface area contributed by atoms with Crippen LogP contribution in [-0.2, 0) is 73.5 Å². The standard InChI is InChI=1S/C77H124O13/c1-11-13-15-17-19-21-23-25-27-29-31-36-40-44-70(79)86-55-65(56-87-71(80)45-41-37-32-30-28-26-24-22-20-18-16-14-12-2)89-72(81)52-59(4)42-38-34-33-35-39-43-60(5)76(82)90-74-61(6)53-64(54-62(74)7)48-50-66-67(49-46-58(3)47-51-69(78)84-9)75(85-10)63(8)68-57-88-77(83)73(66)68/h46,53-54,59-60,65H,11-45,47-52,55-57H2,1-10H3/b58-46+. The Hall–Kier alpha value is -5.20. The van der Waals surface area contributed by atoms with Crippen molar-refractivity contribution in [2.45, 2.75) is 331 Å². The number of carbonyl (C=O) groups is 6. The van der Waals surface area contributed by atoms with Gasteiger partial charge < -0.3 is 33.2 Å². The van der Waals surface area contributed by atoms with Gasteiger partial charge in [-0.1, -0.05) is 244 Å². The first-order chi connectivity index (χ1) is 43.5. The molecule has 2 atom stereocenters. The minimum atomic E-state index is -0.854. The van der Waals surface area contributed by atoms with E-state index in [-0.39, 0.29) is 73.9 Å². The van der Waals surface area contributed by atoms with Crippen molar-refractivity contribution >= 4 is 35.8 Å². The zero-order chi connectivity index (χ0) is 65.7. The molecule has 3 rings (SSSR count). The average molecular weight is 1260 g/mol. The number of methoxy groups -OCH3 is 2. The third kappa shape index (κ3) is 33.4. The zero-order valence-corrected chi connectivity index (χ0v) is 58.4. The van der Waals surface area contributed by atoms with Crippen molar-refractivity contribution in [1.29, 1.82) is 0 Å². The van der Waals surface area contributed by atoms with Gasteiger partial charge in [-0.25, -0.2) is 4.79 Å². The summed E-state index contributed by atoms with van der Waals surface area (Å²) < 4.78 is 39.5. The Morgan fingerprint density at radius 3 is 1.49 bits per heavy atom. The van der Waals surface area contributed by atoms with Crippen LogP contribution < -0.4 is 9.47 Å². The third-order valence-corrected chi connectivity index (χ3v) is 18.2. The summed E-state index contributed by atoms with van der Waals surface area (Å²) in [7, 11) is 3.04. The number of aryl methyl sites for hydroxylation is 3. The number of ether oxygens (including phenoxy) is 7. The predicted molar refractivity (Wildman–Crippen MR) is 362 cm³/mol. The molecular weight excluding hydrogens is 1130 g/mol. The number of unbranched alkanes of at least 4 members (excludes halogenated alkanes) is 28. The second-order valence-electron chi connectivity index (χ2n) is 26.4. The van der Waals surface area contributed by atoms with E-state index in [1.54, 1.807) is 7.11 Å². The highest BCUT2D eigenvalue weighted by Gasteiger charge is 2.32. The minimum Gasteiger partial charge on any atom is -0.496 e. The molecule has 1 aliphatic rings. The van der Waals surface area contributed by atoms with Crippen molar-refractivity contribution in [1.82, 2.24) is 0 Å². The lowest BCUT2D eigenvalue weighted by Crippen LogP contribution is -2.31. The lowest BCUT2D eigenvalue weighted by Gasteiger charge is -2.20. The average Bonchev–Trinajstić information content (AvgIpc) is 1.50. The van der Waals surface area contributed by atoms with Gasteiger partial charge in [0.1, 0.15) is 31.3 Å². The Kier molecular flexibility index (Phi) is 42.6. The molecule has 2 aromatic rings. The fraction of sp³-hybridized carbons (Fsp3) is 0.740. The van der Waals surface area contributed by atoms with Crippen molar-refractivity contribution in [3.8, 4) is 11.5 Å². The number of esters is 6. The first kappa shape index (κ1) is 79.0. The fourth-order valence-electron chi connectivity index (χ4n) is 12.4. The summed E-state index contributed by atoms with van der Waals surface area (Å²) in [5.74, 6) is -0.700. The molecule has 0 spiro atoms. The largest absolute Gasteiger partial charge is 0.496 e. The van der Waals surface area contributed by atoms with Crippen LogP contribution in [0.3, 0.4) is 0 Å². The van der Waals surface area contributed by atoms with Crippen LogP contribution in [0.1, 0.15) is 328 Å². The van der Waals surface area contributed by atoms with Crippen molar-refractivity contribution in [3.05, 3.63) is 68.3 Å². The number of fused-ring (bicyclic) bond motifs is 1. The molecule has 510 valence electrons. The molecule has 1 aliphatic heterocycles. The smallest absolute Gasteiger partial charge is 0.339 e. The molecule has 2 unspecified atom stereocenters. The summed E-state index contributed by atoms with van der Waals surface area (Å²) in [5.41, 5.74) is 8.06. The van der Waals surface area contributed by atoms with Crippen LogP contribution in [0.15, 0.2) is 23.8 Å².